The van der Waals surface area contributed by atoms with Crippen LogP contribution in [0.3, 0.4) is 0 Å². The van der Waals surface area contributed by atoms with Crippen LogP contribution in [0.5, 0.6) is 5.75 Å². The molecule has 0 fully saturated rings. The van der Waals surface area contributed by atoms with E-state index in [0.717, 1.165) is 36.6 Å². The summed E-state index contributed by atoms with van der Waals surface area (Å²) >= 11 is 0. The zero-order valence-electron chi connectivity index (χ0n) is 17.0. The first-order valence-corrected chi connectivity index (χ1v) is 10.7. The Morgan fingerprint density at radius 1 is 0.815 bits per heavy atom. The first-order chi connectivity index (χ1) is 13.3. The predicted octanol–water partition coefficient (Wildman–Crippen LogP) is 5.75. The van der Waals surface area contributed by atoms with Gasteiger partial charge in [0.25, 0.3) is 5.56 Å². The molecule has 0 atom stereocenters. The molecule has 150 valence electrons. The van der Waals surface area contributed by atoms with Crippen LogP contribution >= 0.6 is 0 Å². The van der Waals surface area contributed by atoms with Crippen molar-refractivity contribution in [3.63, 3.8) is 0 Å². The maximum atomic E-state index is 12.6. The summed E-state index contributed by atoms with van der Waals surface area (Å²) in [6.45, 7) is 5.62. The highest BCUT2D eigenvalue weighted by Crippen LogP contribution is 2.23. The van der Waals surface area contributed by atoms with Crippen LogP contribution < -0.4 is 15.1 Å². The molecule has 1 aromatic carbocycles. The fraction of sp³-hybridized carbons (Fsp3) is 0.609. The van der Waals surface area contributed by atoms with Gasteiger partial charge in [0, 0.05) is 11.5 Å². The molecule has 4 heteroatoms. The summed E-state index contributed by atoms with van der Waals surface area (Å²) in [6, 6.07) is 9.36. The first-order valence-electron chi connectivity index (χ1n) is 10.7. The number of fused-ring (bicyclic) bond motifs is 1. The molecular formula is C23H35NO3. The molecule has 27 heavy (non-hydrogen) atoms. The van der Waals surface area contributed by atoms with Crippen molar-refractivity contribution in [1.82, 2.24) is 4.73 Å². The number of aromatic nitrogens is 1. The van der Waals surface area contributed by atoms with E-state index >= 15 is 0 Å². The molecule has 0 spiro atoms. The van der Waals surface area contributed by atoms with Crippen molar-refractivity contribution in [2.24, 2.45) is 0 Å². The highest BCUT2D eigenvalue weighted by molar-refractivity contribution is 5.85. The largest absolute Gasteiger partial charge is 0.493 e. The second-order valence-corrected chi connectivity index (χ2v) is 7.17. The Labute approximate surface area is 163 Å². The number of hydrogen-bond acceptors (Lipinski definition) is 3. The van der Waals surface area contributed by atoms with Gasteiger partial charge in [0.2, 0.25) is 0 Å². The molecule has 0 N–H and O–H groups in total. The first kappa shape index (κ1) is 21.3. The van der Waals surface area contributed by atoms with Gasteiger partial charge in [-0.2, -0.15) is 0 Å². The van der Waals surface area contributed by atoms with Gasteiger partial charge in [-0.15, -0.1) is 4.73 Å². The maximum absolute atomic E-state index is 12.6. The summed E-state index contributed by atoms with van der Waals surface area (Å²) in [7, 11) is 0. The number of rotatable bonds is 14. The van der Waals surface area contributed by atoms with Crippen molar-refractivity contribution in [2.75, 3.05) is 13.2 Å². The predicted molar refractivity (Wildman–Crippen MR) is 113 cm³/mol. The molecular weight excluding hydrogens is 338 g/mol. The molecule has 0 unspecified atom stereocenters. The second kappa shape index (κ2) is 12.4. The Morgan fingerprint density at radius 2 is 1.44 bits per heavy atom. The summed E-state index contributed by atoms with van der Waals surface area (Å²) in [5, 5.41) is 0.926. The SMILES string of the molecule is CCCCCCCCOn1c(=O)cc(OCCCCCC)c2ccccc21. The minimum absolute atomic E-state index is 0.164. The van der Waals surface area contributed by atoms with Crippen LogP contribution in [0.4, 0.5) is 0 Å². The topological polar surface area (TPSA) is 40.5 Å². The number of nitrogens with zero attached hydrogens (tertiary/aromatic N) is 1. The van der Waals surface area contributed by atoms with Crippen molar-refractivity contribution < 1.29 is 9.57 Å². The van der Waals surface area contributed by atoms with E-state index in [1.165, 1.54) is 43.3 Å². The number of para-hydroxylation sites is 1. The summed E-state index contributed by atoms with van der Waals surface area (Å²) in [6.07, 6.45) is 11.8. The van der Waals surface area contributed by atoms with E-state index in [1.54, 1.807) is 6.07 Å². The molecule has 2 aromatic rings. The normalized spacial score (nSPS) is 11.0. The lowest BCUT2D eigenvalue weighted by Crippen LogP contribution is -2.27. The summed E-state index contributed by atoms with van der Waals surface area (Å²) in [5.74, 6) is 0.659. The van der Waals surface area contributed by atoms with E-state index in [4.69, 9.17) is 9.57 Å². The average molecular weight is 374 g/mol. The van der Waals surface area contributed by atoms with E-state index in [9.17, 15) is 4.79 Å². The number of hydrogen-bond donors (Lipinski definition) is 0. The van der Waals surface area contributed by atoms with Crippen molar-refractivity contribution in [1.29, 1.82) is 0 Å². The molecule has 1 aromatic heterocycles. The van der Waals surface area contributed by atoms with Gasteiger partial charge in [0.05, 0.1) is 12.1 Å². The number of ether oxygens (including phenoxy) is 1. The van der Waals surface area contributed by atoms with E-state index in [2.05, 4.69) is 13.8 Å². The Kier molecular flexibility index (Phi) is 9.81. The van der Waals surface area contributed by atoms with Gasteiger partial charge in [-0.05, 0) is 31.4 Å². The minimum atomic E-state index is -0.164. The summed E-state index contributed by atoms with van der Waals surface area (Å²) < 4.78 is 7.34. The van der Waals surface area contributed by atoms with E-state index in [0.29, 0.717) is 19.0 Å². The monoisotopic (exact) mass is 373 g/mol. The molecule has 0 aliphatic heterocycles. The zero-order chi connectivity index (χ0) is 19.3. The molecule has 1 heterocycles. The lowest BCUT2D eigenvalue weighted by Gasteiger charge is -2.15. The van der Waals surface area contributed by atoms with Gasteiger partial charge in [0.15, 0.2) is 0 Å². The molecule has 0 amide bonds. The van der Waals surface area contributed by atoms with Crippen LogP contribution in [0, 0.1) is 0 Å². The van der Waals surface area contributed by atoms with Crippen LogP contribution in [-0.4, -0.2) is 17.9 Å². The van der Waals surface area contributed by atoms with E-state index in [1.807, 2.05) is 24.3 Å². The van der Waals surface area contributed by atoms with Gasteiger partial charge >= 0.3 is 0 Å². The maximum Gasteiger partial charge on any atom is 0.287 e. The molecule has 0 radical (unpaired) electrons. The van der Waals surface area contributed by atoms with Crippen LogP contribution in [0.1, 0.15) is 78.1 Å². The smallest absolute Gasteiger partial charge is 0.287 e. The fourth-order valence-electron chi connectivity index (χ4n) is 3.23. The van der Waals surface area contributed by atoms with Crippen LogP contribution in [-0.2, 0) is 0 Å². The fourth-order valence-corrected chi connectivity index (χ4v) is 3.23. The summed E-state index contributed by atoms with van der Waals surface area (Å²) in [4.78, 5) is 18.4. The zero-order valence-corrected chi connectivity index (χ0v) is 17.0. The minimum Gasteiger partial charge on any atom is -0.493 e. The van der Waals surface area contributed by atoms with E-state index in [-0.39, 0.29) is 5.56 Å². The number of pyridine rings is 1. The quantitative estimate of drug-likeness (QED) is 0.396. The van der Waals surface area contributed by atoms with Crippen molar-refractivity contribution >= 4 is 10.9 Å². The van der Waals surface area contributed by atoms with E-state index < -0.39 is 0 Å². The van der Waals surface area contributed by atoms with Crippen molar-refractivity contribution in [2.45, 2.75) is 78.1 Å². The molecule has 0 saturated carbocycles. The number of unbranched alkanes of at least 4 members (excludes halogenated alkanes) is 8. The second-order valence-electron chi connectivity index (χ2n) is 7.17. The average Bonchev–Trinajstić information content (AvgIpc) is 2.69. The third kappa shape index (κ3) is 6.93. The van der Waals surface area contributed by atoms with Crippen molar-refractivity contribution in [3.05, 3.63) is 40.7 Å². The Hall–Kier alpha value is -1.97. The molecule has 0 aliphatic rings. The van der Waals surface area contributed by atoms with Gasteiger partial charge < -0.3 is 9.57 Å². The Morgan fingerprint density at radius 3 is 2.22 bits per heavy atom. The third-order valence-corrected chi connectivity index (χ3v) is 4.82. The van der Waals surface area contributed by atoms with Crippen LogP contribution in [0.2, 0.25) is 0 Å². The van der Waals surface area contributed by atoms with Crippen LogP contribution in [0.15, 0.2) is 35.1 Å². The van der Waals surface area contributed by atoms with Gasteiger partial charge in [-0.3, -0.25) is 4.79 Å². The Bertz CT molecular complexity index is 723. The van der Waals surface area contributed by atoms with Gasteiger partial charge in [-0.25, -0.2) is 0 Å². The molecule has 4 nitrogen and oxygen atoms in total. The molecule has 0 bridgehead atoms. The van der Waals surface area contributed by atoms with Crippen LogP contribution in [0.25, 0.3) is 10.9 Å². The lowest BCUT2D eigenvalue weighted by molar-refractivity contribution is 0.108. The standard InChI is InChI=1S/C23H35NO3/c1-3-5-7-9-10-14-18-27-24-21-16-12-11-15-20(21)22(19-23(24)25)26-17-13-8-6-4-2/h11-12,15-16,19H,3-10,13-14,17-18H2,1-2H3. The highest BCUT2D eigenvalue weighted by atomic mass is 16.7. The van der Waals surface area contributed by atoms with Crippen molar-refractivity contribution in [3.8, 4) is 5.75 Å². The Balaban J connectivity index is 1.98. The third-order valence-electron chi connectivity index (χ3n) is 4.82. The lowest BCUT2D eigenvalue weighted by atomic mass is 10.1. The summed E-state index contributed by atoms with van der Waals surface area (Å²) in [5.41, 5.74) is 0.614. The molecule has 0 saturated heterocycles. The highest BCUT2D eigenvalue weighted by Gasteiger charge is 2.10. The molecule has 2 rings (SSSR count). The number of benzene rings is 1. The van der Waals surface area contributed by atoms with Gasteiger partial charge in [-0.1, -0.05) is 70.9 Å². The van der Waals surface area contributed by atoms with Gasteiger partial charge in [0.1, 0.15) is 12.4 Å². The molecule has 0 aliphatic carbocycles.